The Kier molecular flexibility index (Phi) is 4.08. The molecule has 0 amide bonds. The number of methoxy groups -OCH3 is 1. The lowest BCUT2D eigenvalue weighted by Crippen LogP contribution is -2.02. The number of aromatic nitrogens is 2. The number of hydrogen-bond acceptors (Lipinski definition) is 6. The number of hydrogen-bond donors (Lipinski definition) is 1. The normalized spacial score (nSPS) is 12.0. The predicted molar refractivity (Wildman–Crippen MR) is 93.9 cm³/mol. The van der Waals surface area contributed by atoms with Crippen molar-refractivity contribution in [3.63, 3.8) is 0 Å². The molecule has 0 fully saturated rings. The lowest BCUT2D eigenvalue weighted by Gasteiger charge is -2.08. The molecule has 0 unspecified atom stereocenters. The molecule has 126 valence electrons. The Morgan fingerprint density at radius 3 is 2.88 bits per heavy atom. The molecule has 2 aromatic carbocycles. The standard InChI is InChI=1S/C19H17N3O3/c1-23-15-4-2-3-14(8-15)16-9-19(22-11-21-16)20-10-13-5-6-17-18(7-13)25-12-24-17/h2-9,11H,10,12H2,1H3,(H,20,21,22). The summed E-state index contributed by atoms with van der Waals surface area (Å²) in [7, 11) is 1.65. The predicted octanol–water partition coefficient (Wildman–Crippen LogP) is 3.49. The molecule has 2 heterocycles. The Labute approximate surface area is 145 Å². The molecule has 6 heteroatoms. The van der Waals surface area contributed by atoms with E-state index in [0.717, 1.165) is 39.9 Å². The van der Waals surface area contributed by atoms with Crippen LogP contribution in [0.5, 0.6) is 17.2 Å². The second-order valence-corrected chi connectivity index (χ2v) is 5.56. The van der Waals surface area contributed by atoms with Crippen molar-refractivity contribution in [1.29, 1.82) is 0 Å². The number of rotatable bonds is 5. The fourth-order valence-corrected chi connectivity index (χ4v) is 2.64. The third kappa shape index (κ3) is 3.33. The molecule has 3 aromatic rings. The van der Waals surface area contributed by atoms with Crippen LogP contribution < -0.4 is 19.5 Å². The van der Waals surface area contributed by atoms with E-state index in [9.17, 15) is 0 Å². The van der Waals surface area contributed by atoms with Gasteiger partial charge in [0.1, 0.15) is 17.9 Å². The molecule has 0 saturated carbocycles. The minimum absolute atomic E-state index is 0.280. The molecule has 0 bridgehead atoms. The van der Waals surface area contributed by atoms with E-state index in [1.54, 1.807) is 13.4 Å². The summed E-state index contributed by atoms with van der Waals surface area (Å²) in [5.74, 6) is 3.11. The summed E-state index contributed by atoms with van der Waals surface area (Å²) in [6.07, 6.45) is 1.55. The summed E-state index contributed by atoms with van der Waals surface area (Å²) in [5.41, 5.74) is 2.90. The molecule has 0 atom stereocenters. The molecule has 1 N–H and O–H groups in total. The van der Waals surface area contributed by atoms with E-state index >= 15 is 0 Å². The molecule has 0 aliphatic carbocycles. The van der Waals surface area contributed by atoms with Crippen LogP contribution in [0.15, 0.2) is 54.9 Å². The topological polar surface area (TPSA) is 65.5 Å². The van der Waals surface area contributed by atoms with Crippen molar-refractivity contribution in [2.75, 3.05) is 19.2 Å². The number of benzene rings is 2. The summed E-state index contributed by atoms with van der Waals surface area (Å²) in [4.78, 5) is 8.63. The van der Waals surface area contributed by atoms with E-state index in [4.69, 9.17) is 14.2 Å². The SMILES string of the molecule is COc1cccc(-c2cc(NCc3ccc4c(c3)OCO4)ncn2)c1. The van der Waals surface area contributed by atoms with Gasteiger partial charge in [-0.25, -0.2) is 9.97 Å². The van der Waals surface area contributed by atoms with E-state index in [0.29, 0.717) is 6.54 Å². The maximum absolute atomic E-state index is 5.40. The summed E-state index contributed by atoms with van der Waals surface area (Å²) in [6, 6.07) is 15.6. The van der Waals surface area contributed by atoms with Gasteiger partial charge >= 0.3 is 0 Å². The number of anilines is 1. The Morgan fingerprint density at radius 2 is 1.96 bits per heavy atom. The molecule has 1 aromatic heterocycles. The highest BCUT2D eigenvalue weighted by Crippen LogP contribution is 2.32. The minimum Gasteiger partial charge on any atom is -0.497 e. The molecular weight excluding hydrogens is 318 g/mol. The fourth-order valence-electron chi connectivity index (χ4n) is 2.64. The number of nitrogens with zero attached hydrogens (tertiary/aromatic N) is 2. The minimum atomic E-state index is 0.280. The van der Waals surface area contributed by atoms with Crippen LogP contribution in [0.4, 0.5) is 5.82 Å². The fraction of sp³-hybridized carbons (Fsp3) is 0.158. The second-order valence-electron chi connectivity index (χ2n) is 5.56. The summed E-state index contributed by atoms with van der Waals surface area (Å²) >= 11 is 0. The van der Waals surface area contributed by atoms with Gasteiger partial charge in [0, 0.05) is 18.2 Å². The molecule has 0 spiro atoms. The van der Waals surface area contributed by atoms with Crippen molar-refractivity contribution >= 4 is 5.82 Å². The van der Waals surface area contributed by atoms with Crippen molar-refractivity contribution in [1.82, 2.24) is 9.97 Å². The average Bonchev–Trinajstić information content (AvgIpc) is 3.14. The Hall–Kier alpha value is -3.28. The Balaban J connectivity index is 1.50. The lowest BCUT2D eigenvalue weighted by atomic mass is 10.1. The Bertz CT molecular complexity index is 899. The first-order valence-electron chi connectivity index (χ1n) is 7.91. The molecule has 0 saturated heterocycles. The van der Waals surface area contributed by atoms with Crippen molar-refractivity contribution in [3.8, 4) is 28.5 Å². The zero-order chi connectivity index (χ0) is 17.1. The van der Waals surface area contributed by atoms with Gasteiger partial charge in [-0.15, -0.1) is 0 Å². The molecule has 6 nitrogen and oxygen atoms in total. The van der Waals surface area contributed by atoms with Gasteiger partial charge in [0.2, 0.25) is 6.79 Å². The first-order chi connectivity index (χ1) is 12.3. The zero-order valence-electron chi connectivity index (χ0n) is 13.7. The molecule has 0 radical (unpaired) electrons. The highest BCUT2D eigenvalue weighted by Gasteiger charge is 2.13. The number of fused-ring (bicyclic) bond motifs is 1. The van der Waals surface area contributed by atoms with E-state index < -0.39 is 0 Å². The first kappa shape index (κ1) is 15.3. The van der Waals surface area contributed by atoms with Gasteiger partial charge in [-0.3, -0.25) is 0 Å². The maximum Gasteiger partial charge on any atom is 0.231 e. The quantitative estimate of drug-likeness (QED) is 0.770. The van der Waals surface area contributed by atoms with Crippen LogP contribution in [0.1, 0.15) is 5.56 Å². The van der Waals surface area contributed by atoms with Gasteiger partial charge in [-0.05, 0) is 29.8 Å². The van der Waals surface area contributed by atoms with Crippen LogP contribution in [0, 0.1) is 0 Å². The second kappa shape index (κ2) is 6.68. The first-order valence-corrected chi connectivity index (χ1v) is 7.91. The van der Waals surface area contributed by atoms with Gasteiger partial charge in [-0.1, -0.05) is 18.2 Å². The average molecular weight is 335 g/mol. The number of nitrogens with one attached hydrogen (secondary N) is 1. The highest BCUT2D eigenvalue weighted by molar-refractivity contribution is 5.63. The van der Waals surface area contributed by atoms with E-state index in [2.05, 4.69) is 15.3 Å². The molecule has 1 aliphatic rings. The van der Waals surface area contributed by atoms with Gasteiger partial charge in [0.25, 0.3) is 0 Å². The van der Waals surface area contributed by atoms with Crippen LogP contribution in [-0.2, 0) is 6.54 Å². The summed E-state index contributed by atoms with van der Waals surface area (Å²) < 4.78 is 16.0. The van der Waals surface area contributed by atoms with E-state index in [1.165, 1.54) is 0 Å². The highest BCUT2D eigenvalue weighted by atomic mass is 16.7. The van der Waals surface area contributed by atoms with Crippen molar-refractivity contribution in [2.45, 2.75) is 6.54 Å². The third-order valence-electron chi connectivity index (χ3n) is 3.94. The van der Waals surface area contributed by atoms with E-state index in [1.807, 2.05) is 48.5 Å². The number of ether oxygens (including phenoxy) is 3. The maximum atomic E-state index is 5.40. The van der Waals surface area contributed by atoms with Crippen LogP contribution in [0.2, 0.25) is 0 Å². The monoisotopic (exact) mass is 335 g/mol. The van der Waals surface area contributed by atoms with Crippen LogP contribution in [0.25, 0.3) is 11.3 Å². The lowest BCUT2D eigenvalue weighted by molar-refractivity contribution is 0.174. The van der Waals surface area contributed by atoms with E-state index in [-0.39, 0.29) is 6.79 Å². The Morgan fingerprint density at radius 1 is 1.04 bits per heavy atom. The largest absolute Gasteiger partial charge is 0.497 e. The van der Waals surface area contributed by atoms with Crippen molar-refractivity contribution in [3.05, 3.63) is 60.4 Å². The summed E-state index contributed by atoms with van der Waals surface area (Å²) in [6.45, 7) is 0.910. The van der Waals surface area contributed by atoms with Crippen molar-refractivity contribution in [2.24, 2.45) is 0 Å². The molecule has 4 rings (SSSR count). The van der Waals surface area contributed by atoms with Crippen molar-refractivity contribution < 1.29 is 14.2 Å². The van der Waals surface area contributed by atoms with Crippen LogP contribution in [-0.4, -0.2) is 23.9 Å². The van der Waals surface area contributed by atoms with Gasteiger partial charge in [0.15, 0.2) is 11.5 Å². The smallest absolute Gasteiger partial charge is 0.231 e. The molecule has 25 heavy (non-hydrogen) atoms. The van der Waals surface area contributed by atoms with Gasteiger partial charge < -0.3 is 19.5 Å². The molecule has 1 aliphatic heterocycles. The van der Waals surface area contributed by atoms with Crippen LogP contribution >= 0.6 is 0 Å². The zero-order valence-corrected chi connectivity index (χ0v) is 13.7. The third-order valence-corrected chi connectivity index (χ3v) is 3.94. The summed E-state index contributed by atoms with van der Waals surface area (Å²) in [5, 5.41) is 3.31. The van der Waals surface area contributed by atoms with Gasteiger partial charge in [0.05, 0.1) is 12.8 Å². The van der Waals surface area contributed by atoms with Crippen LogP contribution in [0.3, 0.4) is 0 Å². The molecular formula is C19H17N3O3. The van der Waals surface area contributed by atoms with Gasteiger partial charge in [-0.2, -0.15) is 0 Å².